The van der Waals surface area contributed by atoms with Crippen molar-refractivity contribution in [3.05, 3.63) is 0 Å². The number of carbonyl (C=O) groups is 3. The van der Waals surface area contributed by atoms with Gasteiger partial charge in [-0.05, 0) is 64.7 Å². The lowest BCUT2D eigenvalue weighted by molar-refractivity contribution is -0.205. The van der Waals surface area contributed by atoms with Crippen LogP contribution in [0.3, 0.4) is 0 Å². The summed E-state index contributed by atoms with van der Waals surface area (Å²) in [4.78, 5) is 38.9. The molecule has 6 nitrogen and oxygen atoms in total. The zero-order chi connectivity index (χ0) is 23.6. The van der Waals surface area contributed by atoms with E-state index < -0.39 is 11.0 Å². The molecule has 3 rings (SSSR count). The van der Waals surface area contributed by atoms with Crippen molar-refractivity contribution in [3.8, 4) is 0 Å². The topological polar surface area (TPSA) is 78.9 Å². The molecule has 0 amide bonds. The normalized spacial score (nSPS) is 32.3. The summed E-state index contributed by atoms with van der Waals surface area (Å²) in [7, 11) is 0. The van der Waals surface area contributed by atoms with E-state index in [2.05, 4.69) is 20.8 Å². The highest BCUT2D eigenvalue weighted by Gasteiger charge is 2.71. The number of rotatable bonds is 10. The number of ketones is 1. The maximum absolute atomic E-state index is 14.3. The highest BCUT2D eigenvalue weighted by atomic mass is 16.6. The Kier molecular flexibility index (Phi) is 7.43. The molecule has 32 heavy (non-hydrogen) atoms. The minimum Gasteiger partial charge on any atom is -0.464 e. The van der Waals surface area contributed by atoms with E-state index in [1.807, 2.05) is 13.8 Å². The number of ether oxygens (including phenoxy) is 3. The maximum Gasteiger partial charge on any atom is 0.305 e. The van der Waals surface area contributed by atoms with Gasteiger partial charge in [0.1, 0.15) is 24.2 Å². The molecule has 1 heterocycles. The minimum absolute atomic E-state index is 0.0272. The van der Waals surface area contributed by atoms with Gasteiger partial charge in [0.25, 0.3) is 0 Å². The summed E-state index contributed by atoms with van der Waals surface area (Å²) < 4.78 is 17.9. The molecule has 3 aliphatic rings. The Labute approximate surface area is 193 Å². The Morgan fingerprint density at radius 2 is 1.50 bits per heavy atom. The molecule has 2 unspecified atom stereocenters. The third kappa shape index (κ3) is 4.49. The van der Waals surface area contributed by atoms with Crippen LogP contribution in [0.2, 0.25) is 0 Å². The summed E-state index contributed by atoms with van der Waals surface area (Å²) in [5, 5.41) is 0. The van der Waals surface area contributed by atoms with Crippen molar-refractivity contribution >= 4 is 17.7 Å². The number of Topliss-reactive ketones (excluding diaryl/α,β-unsaturated/α-hetero) is 1. The third-order valence-electron chi connectivity index (χ3n) is 8.47. The lowest BCUT2D eigenvalue weighted by Gasteiger charge is -2.55. The zero-order valence-electron chi connectivity index (χ0n) is 20.7. The predicted molar refractivity (Wildman–Crippen MR) is 121 cm³/mol. The van der Waals surface area contributed by atoms with E-state index in [9.17, 15) is 14.4 Å². The van der Waals surface area contributed by atoms with Gasteiger partial charge in [0, 0.05) is 18.3 Å². The molecular weight excluding hydrogens is 408 g/mol. The highest BCUT2D eigenvalue weighted by Crippen LogP contribution is 2.65. The fraction of sp³-hybridized carbons (Fsp3) is 0.885. The lowest BCUT2D eigenvalue weighted by Crippen LogP contribution is -2.65. The van der Waals surface area contributed by atoms with E-state index in [-0.39, 0.29) is 42.0 Å². The highest BCUT2D eigenvalue weighted by molar-refractivity contribution is 5.95. The van der Waals surface area contributed by atoms with Crippen LogP contribution >= 0.6 is 0 Å². The molecule has 182 valence electrons. The molecule has 6 heteroatoms. The molecule has 1 spiro atoms. The third-order valence-corrected chi connectivity index (χ3v) is 8.47. The standard InChI is InChI=1S/C26H42O6/c1-6-8-10-20(27)30-17-25(18-31-21(28)11-9-7-2)15-14-24(5)13-12-19-16-26(24,22(25)29)32-23(19,3)4/h19H,6-18H2,1-5H3/t19?,24-,26?/m1/s1. The summed E-state index contributed by atoms with van der Waals surface area (Å²) in [6, 6.07) is 0. The average Bonchev–Trinajstić information content (AvgIpc) is 3.00. The molecule has 2 aliphatic carbocycles. The summed E-state index contributed by atoms with van der Waals surface area (Å²) in [6.45, 7) is 10.3. The van der Waals surface area contributed by atoms with E-state index in [0.717, 1.165) is 44.9 Å². The minimum atomic E-state index is -1.04. The van der Waals surface area contributed by atoms with Crippen molar-refractivity contribution in [3.63, 3.8) is 0 Å². The molecule has 0 aromatic rings. The first-order valence-corrected chi connectivity index (χ1v) is 12.6. The van der Waals surface area contributed by atoms with Gasteiger partial charge >= 0.3 is 11.9 Å². The SMILES string of the molecule is CCCCC(=O)OCC1(COC(=O)CCCC)CC[C@@]2(C)CCC3CC2(OC3(C)C)C1=O. The maximum atomic E-state index is 14.3. The summed E-state index contributed by atoms with van der Waals surface area (Å²) >= 11 is 0. The molecule has 2 bridgehead atoms. The zero-order valence-corrected chi connectivity index (χ0v) is 20.7. The van der Waals surface area contributed by atoms with Crippen LogP contribution in [0, 0.1) is 16.7 Å². The van der Waals surface area contributed by atoms with Gasteiger partial charge in [-0.2, -0.15) is 0 Å². The van der Waals surface area contributed by atoms with Gasteiger partial charge in [0.15, 0.2) is 5.78 Å². The van der Waals surface area contributed by atoms with E-state index in [4.69, 9.17) is 14.2 Å². The number of carbonyl (C=O) groups excluding carboxylic acids is 3. The Morgan fingerprint density at radius 3 is 2.03 bits per heavy atom. The molecule has 1 aliphatic heterocycles. The van der Waals surface area contributed by atoms with Crippen LogP contribution < -0.4 is 0 Å². The first-order chi connectivity index (χ1) is 15.0. The molecule has 3 fully saturated rings. The number of hydrogen-bond acceptors (Lipinski definition) is 6. The number of fused-ring (bicyclic) bond motifs is 1. The average molecular weight is 451 g/mol. The lowest BCUT2D eigenvalue weighted by atomic mass is 9.50. The van der Waals surface area contributed by atoms with Crippen LogP contribution in [0.5, 0.6) is 0 Å². The Balaban J connectivity index is 1.86. The molecule has 1 saturated heterocycles. The fourth-order valence-electron chi connectivity index (χ4n) is 6.02. The first-order valence-electron chi connectivity index (χ1n) is 12.6. The molecule has 0 aromatic carbocycles. The van der Waals surface area contributed by atoms with Crippen molar-refractivity contribution < 1.29 is 28.6 Å². The van der Waals surface area contributed by atoms with Crippen molar-refractivity contribution in [2.45, 2.75) is 116 Å². The van der Waals surface area contributed by atoms with E-state index in [1.54, 1.807) is 0 Å². The second kappa shape index (κ2) is 9.44. The van der Waals surface area contributed by atoms with Crippen molar-refractivity contribution in [2.75, 3.05) is 13.2 Å². The van der Waals surface area contributed by atoms with Gasteiger partial charge in [0.05, 0.1) is 5.60 Å². The van der Waals surface area contributed by atoms with Crippen molar-refractivity contribution in [1.29, 1.82) is 0 Å². The summed E-state index contributed by atoms with van der Waals surface area (Å²) in [6.07, 6.45) is 8.04. The largest absolute Gasteiger partial charge is 0.464 e. The second-order valence-electron chi connectivity index (χ2n) is 11.2. The van der Waals surface area contributed by atoms with Gasteiger partial charge in [0.2, 0.25) is 0 Å². The van der Waals surface area contributed by atoms with Gasteiger partial charge in [-0.25, -0.2) is 0 Å². The quantitative estimate of drug-likeness (QED) is 0.428. The predicted octanol–water partition coefficient (Wildman–Crippen LogP) is 5.16. The number of unbranched alkanes of at least 4 members (excludes halogenated alkanes) is 2. The van der Waals surface area contributed by atoms with Crippen LogP contribution in [-0.2, 0) is 28.6 Å². The Hall–Kier alpha value is -1.43. The van der Waals surface area contributed by atoms with Crippen LogP contribution in [0.4, 0.5) is 0 Å². The van der Waals surface area contributed by atoms with Gasteiger partial charge < -0.3 is 14.2 Å². The van der Waals surface area contributed by atoms with Crippen molar-refractivity contribution in [2.24, 2.45) is 16.7 Å². The smallest absolute Gasteiger partial charge is 0.305 e. The summed E-state index contributed by atoms with van der Waals surface area (Å²) in [5.41, 5.74) is -2.54. The van der Waals surface area contributed by atoms with Crippen LogP contribution in [0.25, 0.3) is 0 Å². The van der Waals surface area contributed by atoms with Crippen LogP contribution in [0.15, 0.2) is 0 Å². The molecular formula is C26H42O6. The van der Waals surface area contributed by atoms with Gasteiger partial charge in [-0.15, -0.1) is 0 Å². The molecule has 0 N–H and O–H groups in total. The van der Waals surface area contributed by atoms with Gasteiger partial charge in [-0.1, -0.05) is 33.6 Å². The Bertz CT molecular complexity index is 704. The first kappa shape index (κ1) is 25.2. The van der Waals surface area contributed by atoms with E-state index in [1.165, 1.54) is 0 Å². The molecule has 3 atom stereocenters. The van der Waals surface area contributed by atoms with Crippen LogP contribution in [-0.4, -0.2) is 42.1 Å². The molecule has 2 saturated carbocycles. The Morgan fingerprint density at radius 1 is 0.938 bits per heavy atom. The second-order valence-corrected chi connectivity index (χ2v) is 11.2. The number of hydrogen-bond donors (Lipinski definition) is 0. The van der Waals surface area contributed by atoms with E-state index >= 15 is 0 Å². The van der Waals surface area contributed by atoms with Crippen LogP contribution in [0.1, 0.15) is 105 Å². The van der Waals surface area contributed by atoms with Gasteiger partial charge in [-0.3, -0.25) is 14.4 Å². The molecule has 0 radical (unpaired) electrons. The van der Waals surface area contributed by atoms with Crippen molar-refractivity contribution in [1.82, 2.24) is 0 Å². The molecule has 0 aromatic heterocycles. The summed E-state index contributed by atoms with van der Waals surface area (Å²) in [5.74, 6) is -0.289. The fourth-order valence-corrected chi connectivity index (χ4v) is 6.02. The monoisotopic (exact) mass is 450 g/mol. The van der Waals surface area contributed by atoms with E-state index in [0.29, 0.717) is 31.6 Å². The number of esters is 2.